The van der Waals surface area contributed by atoms with Crippen molar-refractivity contribution in [2.24, 2.45) is 5.16 Å². The Morgan fingerprint density at radius 3 is 1.93 bits per heavy atom. The number of aliphatic hydroxyl groups excluding tert-OH is 5. The van der Waals surface area contributed by atoms with Gasteiger partial charge in [-0.3, -0.25) is 4.79 Å². The van der Waals surface area contributed by atoms with Crippen LogP contribution < -0.4 is 5.73 Å². The number of anilines is 1. The lowest BCUT2D eigenvalue weighted by atomic mass is 9.83. The minimum atomic E-state index is -1.19. The lowest BCUT2D eigenvalue weighted by molar-refractivity contribution is 0.103. The molecule has 0 saturated carbocycles. The van der Waals surface area contributed by atoms with Gasteiger partial charge in [0.05, 0.1) is 33.3 Å². The van der Waals surface area contributed by atoms with E-state index in [1.54, 1.807) is 18.2 Å². The molecule has 1 heterocycles. The van der Waals surface area contributed by atoms with Crippen molar-refractivity contribution in [3.05, 3.63) is 100 Å². The number of allylic oxidation sites excluding steroid dienone is 1. The summed E-state index contributed by atoms with van der Waals surface area (Å²) in [4.78, 5) is 13.7. The highest BCUT2D eigenvalue weighted by Gasteiger charge is 2.43. The topological polar surface area (TPSA) is 291 Å². The standard InChI is InChI=1S/C40H28N2O13/c1-12-21(35(50)38(53)27-29(41)40(55-39(12)27)32(47)20(45)11-43)18-10-19(17-9-7-15-5-3-4-14-6-8-16(18)23(17)22(14)15)24-33(48)26-25(37(52)36(24)51)30(42-54)28(34(26)49)31(46)13(2)44/h3-10,43-48,50-54H,2,11,41H2,1H3/b31-28-,32-20-,42-30-. The highest BCUT2D eigenvalue weighted by molar-refractivity contribution is 6.43. The van der Waals surface area contributed by atoms with Gasteiger partial charge < -0.3 is 66.4 Å². The maximum absolute atomic E-state index is 13.7. The maximum atomic E-state index is 13.7. The summed E-state index contributed by atoms with van der Waals surface area (Å²) in [5, 5.41) is 125. The average molecular weight is 745 g/mol. The first-order valence-corrected chi connectivity index (χ1v) is 16.3. The van der Waals surface area contributed by atoms with Crippen LogP contribution >= 0.6 is 0 Å². The van der Waals surface area contributed by atoms with Crippen LogP contribution in [0.4, 0.5) is 5.69 Å². The van der Waals surface area contributed by atoms with E-state index in [2.05, 4.69) is 11.7 Å². The number of hydrogen-bond donors (Lipinski definition) is 12. The molecule has 0 saturated heterocycles. The Hall–Kier alpha value is -7.78. The summed E-state index contributed by atoms with van der Waals surface area (Å²) in [7, 11) is 0. The van der Waals surface area contributed by atoms with Crippen molar-refractivity contribution in [3.63, 3.8) is 0 Å². The molecular weight excluding hydrogens is 716 g/mol. The minimum absolute atomic E-state index is 0.0103. The molecule has 0 amide bonds. The first-order valence-electron chi connectivity index (χ1n) is 16.3. The van der Waals surface area contributed by atoms with Crippen LogP contribution in [0.3, 0.4) is 0 Å². The number of oxime groups is 1. The van der Waals surface area contributed by atoms with Crippen LogP contribution in [0.25, 0.3) is 71.3 Å². The van der Waals surface area contributed by atoms with Crippen LogP contribution in [0.2, 0.25) is 0 Å². The Labute approximate surface area is 307 Å². The summed E-state index contributed by atoms with van der Waals surface area (Å²) >= 11 is 0. The number of nitrogens with zero attached hydrogens (tertiary/aromatic N) is 1. The van der Waals surface area contributed by atoms with Gasteiger partial charge in [0.2, 0.25) is 11.5 Å². The number of nitrogen functional groups attached to an aromatic ring is 1. The van der Waals surface area contributed by atoms with Crippen molar-refractivity contribution in [1.29, 1.82) is 0 Å². The van der Waals surface area contributed by atoms with Crippen molar-refractivity contribution in [2.45, 2.75) is 6.92 Å². The molecular formula is C40H28N2O13. The Balaban J connectivity index is 1.54. The van der Waals surface area contributed by atoms with E-state index in [-0.39, 0.29) is 38.9 Å². The molecule has 1 aliphatic carbocycles. The zero-order valence-electron chi connectivity index (χ0n) is 28.3. The number of hydrogen-bond acceptors (Lipinski definition) is 15. The molecule has 0 radical (unpaired) electrons. The molecule has 15 nitrogen and oxygen atoms in total. The molecule has 0 unspecified atom stereocenters. The normalized spacial score (nSPS) is 15.2. The third kappa shape index (κ3) is 4.35. The second-order valence-corrected chi connectivity index (χ2v) is 13.0. The molecule has 55 heavy (non-hydrogen) atoms. The maximum Gasteiger partial charge on any atom is 0.203 e. The number of phenolic OH excluding ortho intramolecular Hbond substituents is 5. The van der Waals surface area contributed by atoms with Gasteiger partial charge in [0.25, 0.3) is 0 Å². The molecule has 0 fully saturated rings. The van der Waals surface area contributed by atoms with Crippen molar-refractivity contribution >= 4 is 66.2 Å². The molecule has 0 aliphatic heterocycles. The summed E-state index contributed by atoms with van der Waals surface area (Å²) in [6, 6.07) is 14.0. The molecule has 1 aliphatic rings. The fraction of sp³-hybridized carbons (Fsp3) is 0.0500. The summed E-state index contributed by atoms with van der Waals surface area (Å²) in [6.07, 6.45) is 0. The SMILES string of the molecule is C=C(O)/C(O)=C1/C(=O)c2c(O)c(-c3cc(-c4c(O)c(O)c5c(N)c(/C(O)=C(/O)CO)oc5c4C)c4ccc5cccc6ccc3c4c65)c(O)c(O)c2/C1=N/O. The molecule has 13 N–H and O–H groups in total. The lowest BCUT2D eigenvalue weighted by Gasteiger charge is -2.21. The van der Waals surface area contributed by atoms with Crippen LogP contribution in [0, 0.1) is 6.92 Å². The number of aryl methyl sites for hydroxylation is 1. The van der Waals surface area contributed by atoms with Gasteiger partial charge in [-0.25, -0.2) is 0 Å². The molecule has 7 aromatic rings. The summed E-state index contributed by atoms with van der Waals surface area (Å²) in [5.74, 6) is -10.0. The Bertz CT molecular complexity index is 3010. The number of fused-ring (bicyclic) bond motifs is 2. The molecule has 0 atom stereocenters. The number of aliphatic hydroxyl groups is 5. The zero-order valence-corrected chi connectivity index (χ0v) is 28.3. The third-order valence-corrected chi connectivity index (χ3v) is 10.1. The molecule has 15 heteroatoms. The quantitative estimate of drug-likeness (QED) is 0.0159. The Morgan fingerprint density at radius 2 is 1.35 bits per heavy atom. The second-order valence-electron chi connectivity index (χ2n) is 13.0. The summed E-state index contributed by atoms with van der Waals surface area (Å²) in [5.41, 5.74) is 2.53. The number of benzene rings is 6. The fourth-order valence-electron chi connectivity index (χ4n) is 7.67. The van der Waals surface area contributed by atoms with Gasteiger partial charge in [0.1, 0.15) is 23.7 Å². The van der Waals surface area contributed by atoms with Gasteiger partial charge in [-0.05, 0) is 56.4 Å². The van der Waals surface area contributed by atoms with E-state index in [0.717, 1.165) is 10.8 Å². The van der Waals surface area contributed by atoms with E-state index in [1.807, 2.05) is 24.3 Å². The first-order chi connectivity index (χ1) is 26.2. The van der Waals surface area contributed by atoms with Crippen LogP contribution in [0.1, 0.15) is 27.2 Å². The number of nitrogens with two attached hydrogens (primary N) is 1. The van der Waals surface area contributed by atoms with Crippen LogP contribution in [-0.4, -0.2) is 74.4 Å². The number of carbonyl (C=O) groups is 1. The first kappa shape index (κ1) is 34.3. The second kappa shape index (κ2) is 11.6. The van der Waals surface area contributed by atoms with E-state index < -0.39 is 97.9 Å². The van der Waals surface area contributed by atoms with E-state index in [0.29, 0.717) is 21.5 Å². The predicted molar refractivity (Wildman–Crippen MR) is 202 cm³/mol. The van der Waals surface area contributed by atoms with Crippen molar-refractivity contribution in [3.8, 4) is 51.0 Å². The number of phenols is 5. The highest BCUT2D eigenvalue weighted by atomic mass is 16.4. The van der Waals surface area contributed by atoms with E-state index >= 15 is 0 Å². The van der Waals surface area contributed by atoms with Crippen molar-refractivity contribution in [2.75, 3.05) is 12.3 Å². The third-order valence-electron chi connectivity index (χ3n) is 10.1. The van der Waals surface area contributed by atoms with Crippen LogP contribution in [0.5, 0.6) is 28.7 Å². The van der Waals surface area contributed by atoms with Gasteiger partial charge in [-0.15, -0.1) is 0 Å². The number of rotatable bonds is 5. The van der Waals surface area contributed by atoms with E-state index in [9.17, 15) is 61.1 Å². The average Bonchev–Trinajstić information content (AvgIpc) is 3.68. The molecule has 8 rings (SSSR count). The zero-order chi connectivity index (χ0) is 39.5. The number of aromatic hydroxyl groups is 5. The number of carbonyl (C=O) groups excluding carboxylic acids is 1. The lowest BCUT2D eigenvalue weighted by Crippen LogP contribution is -2.08. The van der Waals surface area contributed by atoms with Crippen molar-refractivity contribution < 1.29 is 65.5 Å². The van der Waals surface area contributed by atoms with E-state index in [4.69, 9.17) is 10.2 Å². The smallest absolute Gasteiger partial charge is 0.203 e. The Morgan fingerprint density at radius 1 is 0.764 bits per heavy atom. The monoisotopic (exact) mass is 744 g/mol. The van der Waals surface area contributed by atoms with Gasteiger partial charge in [-0.2, -0.15) is 0 Å². The fourth-order valence-corrected chi connectivity index (χ4v) is 7.67. The molecule has 6 aromatic carbocycles. The largest absolute Gasteiger partial charge is 0.506 e. The van der Waals surface area contributed by atoms with Gasteiger partial charge >= 0.3 is 0 Å². The minimum Gasteiger partial charge on any atom is -0.506 e. The van der Waals surface area contributed by atoms with Gasteiger partial charge in [-0.1, -0.05) is 54.2 Å². The molecule has 276 valence electrons. The molecule has 1 aromatic heterocycles. The van der Waals surface area contributed by atoms with Crippen LogP contribution in [0.15, 0.2) is 87.5 Å². The highest BCUT2D eigenvalue weighted by Crippen LogP contribution is 2.57. The number of Topliss-reactive ketones (excluding diaryl/α,β-unsaturated/α-hetero) is 1. The van der Waals surface area contributed by atoms with E-state index in [1.165, 1.54) is 13.0 Å². The van der Waals surface area contributed by atoms with Crippen LogP contribution in [-0.2, 0) is 0 Å². The molecule has 0 bridgehead atoms. The van der Waals surface area contributed by atoms with Gasteiger partial charge in [0, 0.05) is 11.1 Å². The van der Waals surface area contributed by atoms with Crippen molar-refractivity contribution in [1.82, 2.24) is 0 Å². The summed E-state index contributed by atoms with van der Waals surface area (Å²) in [6.45, 7) is 3.71. The number of furan rings is 1. The predicted octanol–water partition coefficient (Wildman–Crippen LogP) is 7.12. The summed E-state index contributed by atoms with van der Waals surface area (Å²) < 4.78 is 5.83. The van der Waals surface area contributed by atoms with Gasteiger partial charge in [0.15, 0.2) is 46.0 Å². The Kier molecular flexibility index (Phi) is 7.24. The molecule has 0 spiro atoms. The number of ketones is 1.